The minimum Gasteiger partial charge on any atom is -0.293 e. The first-order valence-electron chi connectivity index (χ1n) is 15.3. The summed E-state index contributed by atoms with van der Waals surface area (Å²) in [5.41, 5.74) is 9.05. The van der Waals surface area contributed by atoms with Gasteiger partial charge in [-0.25, -0.2) is 9.97 Å². The molecule has 1 aliphatic rings. The molecule has 8 aromatic rings. The summed E-state index contributed by atoms with van der Waals surface area (Å²) in [6.45, 7) is 2.27. The Labute approximate surface area is 255 Å². The Hall–Kier alpha value is -5.54. The molecule has 208 valence electrons. The van der Waals surface area contributed by atoms with Crippen LogP contribution < -0.4 is 0 Å². The molecule has 3 heteroatoms. The van der Waals surface area contributed by atoms with Crippen LogP contribution in [0.4, 0.5) is 0 Å². The molecule has 6 aromatic carbocycles. The summed E-state index contributed by atoms with van der Waals surface area (Å²) >= 11 is 0. The predicted octanol–water partition coefficient (Wildman–Crippen LogP) is 10.7. The number of hydrogen-bond donors (Lipinski definition) is 0. The third-order valence-corrected chi connectivity index (χ3v) is 9.18. The van der Waals surface area contributed by atoms with Crippen molar-refractivity contribution in [3.63, 3.8) is 0 Å². The quantitative estimate of drug-likeness (QED) is 0.158. The number of pyridine rings is 1. The fourth-order valence-electron chi connectivity index (χ4n) is 7.01. The smallest absolute Gasteiger partial charge is 0.145 e. The molecule has 1 atom stereocenters. The number of fused-ring (bicyclic) bond motifs is 7. The van der Waals surface area contributed by atoms with Gasteiger partial charge in [0.1, 0.15) is 5.82 Å². The molecule has 0 fully saturated rings. The lowest BCUT2D eigenvalue weighted by Gasteiger charge is -2.16. The van der Waals surface area contributed by atoms with Gasteiger partial charge < -0.3 is 0 Å². The normalized spacial score (nSPS) is 14.5. The second-order valence-electron chi connectivity index (χ2n) is 11.8. The van der Waals surface area contributed by atoms with Crippen molar-refractivity contribution in [2.75, 3.05) is 0 Å². The fraction of sp³-hybridized carbons (Fsp3) is 0.0732. The molecule has 0 saturated carbocycles. The van der Waals surface area contributed by atoms with E-state index < -0.39 is 0 Å². The highest BCUT2D eigenvalue weighted by Gasteiger charge is 2.24. The maximum absolute atomic E-state index is 5.35. The van der Waals surface area contributed by atoms with Crippen LogP contribution >= 0.6 is 0 Å². The van der Waals surface area contributed by atoms with E-state index in [2.05, 4.69) is 151 Å². The van der Waals surface area contributed by atoms with Crippen molar-refractivity contribution in [1.82, 2.24) is 14.5 Å². The highest BCUT2D eigenvalue weighted by molar-refractivity contribution is 6.21. The van der Waals surface area contributed by atoms with Gasteiger partial charge in [-0.05, 0) is 41.0 Å². The summed E-state index contributed by atoms with van der Waals surface area (Å²) < 4.78 is 2.31. The zero-order valence-corrected chi connectivity index (χ0v) is 24.4. The SMILES string of the molecule is CC1CC=Cc2c1nc(-c1ccc(-c3c4ccc5ccccc5c4nc4c3ccc3ccccc34)cc1)n2-c1ccccc1. The van der Waals surface area contributed by atoms with Gasteiger partial charge in [-0.3, -0.25) is 4.57 Å². The van der Waals surface area contributed by atoms with E-state index in [1.165, 1.54) is 54.8 Å². The lowest BCUT2D eigenvalue weighted by Crippen LogP contribution is -2.03. The number of imidazole rings is 1. The summed E-state index contributed by atoms with van der Waals surface area (Å²) in [7, 11) is 0. The molecule has 9 rings (SSSR count). The molecule has 3 nitrogen and oxygen atoms in total. The van der Waals surface area contributed by atoms with Crippen LogP contribution in [-0.2, 0) is 0 Å². The van der Waals surface area contributed by atoms with E-state index in [9.17, 15) is 0 Å². The van der Waals surface area contributed by atoms with Gasteiger partial charge in [0.25, 0.3) is 0 Å². The minimum absolute atomic E-state index is 0.386. The first-order chi connectivity index (χ1) is 21.7. The molecule has 0 bridgehead atoms. The average molecular weight is 564 g/mol. The van der Waals surface area contributed by atoms with E-state index in [1.54, 1.807) is 0 Å². The third kappa shape index (κ3) is 3.76. The Morgan fingerprint density at radius 1 is 0.568 bits per heavy atom. The van der Waals surface area contributed by atoms with Gasteiger partial charge in [-0.1, -0.05) is 128 Å². The minimum atomic E-state index is 0.386. The van der Waals surface area contributed by atoms with Crippen LogP contribution in [0.25, 0.3) is 77.6 Å². The number of hydrogen-bond acceptors (Lipinski definition) is 2. The Morgan fingerprint density at radius 2 is 1.16 bits per heavy atom. The van der Waals surface area contributed by atoms with Gasteiger partial charge >= 0.3 is 0 Å². The number of benzene rings is 6. The van der Waals surface area contributed by atoms with Gasteiger partial charge in [-0.2, -0.15) is 0 Å². The van der Waals surface area contributed by atoms with E-state index in [1.807, 2.05) is 0 Å². The molecule has 0 saturated heterocycles. The molecule has 2 aromatic heterocycles. The van der Waals surface area contributed by atoms with Crippen LogP contribution in [0.1, 0.15) is 30.7 Å². The lowest BCUT2D eigenvalue weighted by atomic mass is 9.92. The maximum Gasteiger partial charge on any atom is 0.145 e. The van der Waals surface area contributed by atoms with Gasteiger partial charge in [0.2, 0.25) is 0 Å². The van der Waals surface area contributed by atoms with Crippen LogP contribution in [-0.4, -0.2) is 14.5 Å². The molecule has 0 amide bonds. The molecule has 0 spiro atoms. The van der Waals surface area contributed by atoms with Crippen molar-refractivity contribution in [3.8, 4) is 28.2 Å². The van der Waals surface area contributed by atoms with Crippen LogP contribution in [0.5, 0.6) is 0 Å². The standard InChI is InChI=1S/C41H29N3/c1-26-10-9-17-36-38(26)43-41(44(36)31-13-3-2-4-14-31)30-20-18-29(19-21-30)37-34-24-22-27-11-5-7-15-32(27)39(34)42-40-33-16-8-6-12-28(33)23-25-35(37)40/h2-9,11-26H,10H2,1H3. The van der Waals surface area contributed by atoms with Crippen LogP contribution in [0, 0.1) is 0 Å². The van der Waals surface area contributed by atoms with Crippen molar-refractivity contribution < 1.29 is 0 Å². The van der Waals surface area contributed by atoms with E-state index in [4.69, 9.17) is 9.97 Å². The Kier molecular flexibility index (Phi) is 5.54. The predicted molar refractivity (Wildman–Crippen MR) is 184 cm³/mol. The number of nitrogens with zero attached hydrogens (tertiary/aromatic N) is 3. The number of allylic oxidation sites excluding steroid dienone is 1. The summed E-state index contributed by atoms with van der Waals surface area (Å²) in [6, 6.07) is 45.6. The lowest BCUT2D eigenvalue weighted by molar-refractivity contribution is 0.745. The van der Waals surface area contributed by atoms with E-state index in [0.717, 1.165) is 34.5 Å². The molecule has 2 heterocycles. The van der Waals surface area contributed by atoms with Crippen LogP contribution in [0.2, 0.25) is 0 Å². The van der Waals surface area contributed by atoms with Crippen LogP contribution in [0.3, 0.4) is 0 Å². The van der Waals surface area contributed by atoms with Gasteiger partial charge in [0.15, 0.2) is 0 Å². The second kappa shape index (κ2) is 9.75. The first kappa shape index (κ1) is 25.0. The highest BCUT2D eigenvalue weighted by atomic mass is 15.1. The molecule has 0 N–H and O–H groups in total. The van der Waals surface area contributed by atoms with Crippen molar-refractivity contribution in [2.24, 2.45) is 0 Å². The van der Waals surface area contributed by atoms with E-state index in [0.29, 0.717) is 5.92 Å². The van der Waals surface area contributed by atoms with E-state index in [-0.39, 0.29) is 0 Å². The summed E-state index contributed by atoms with van der Waals surface area (Å²) in [5, 5.41) is 7.09. The second-order valence-corrected chi connectivity index (χ2v) is 11.8. The molecule has 1 aliphatic carbocycles. The molecule has 0 aliphatic heterocycles. The van der Waals surface area contributed by atoms with Crippen LogP contribution in [0.15, 0.2) is 133 Å². The Morgan fingerprint density at radius 3 is 1.82 bits per heavy atom. The number of aromatic nitrogens is 3. The van der Waals surface area contributed by atoms with Crippen molar-refractivity contribution in [3.05, 3.63) is 145 Å². The maximum atomic E-state index is 5.35. The number of para-hydroxylation sites is 1. The zero-order chi connectivity index (χ0) is 29.2. The first-order valence-corrected chi connectivity index (χ1v) is 15.3. The zero-order valence-electron chi connectivity index (χ0n) is 24.4. The molecular formula is C41H29N3. The summed E-state index contributed by atoms with van der Waals surface area (Å²) in [6.07, 6.45) is 5.52. The van der Waals surface area contributed by atoms with E-state index >= 15 is 0 Å². The van der Waals surface area contributed by atoms with Crippen molar-refractivity contribution in [1.29, 1.82) is 0 Å². The number of rotatable bonds is 3. The molecule has 1 unspecified atom stereocenters. The highest BCUT2D eigenvalue weighted by Crippen LogP contribution is 2.41. The van der Waals surface area contributed by atoms with Gasteiger partial charge in [0, 0.05) is 44.3 Å². The third-order valence-electron chi connectivity index (χ3n) is 9.18. The Bertz CT molecular complexity index is 2320. The fourth-order valence-corrected chi connectivity index (χ4v) is 7.01. The summed E-state index contributed by atoms with van der Waals surface area (Å²) in [5.74, 6) is 1.37. The average Bonchev–Trinajstić information content (AvgIpc) is 3.49. The largest absolute Gasteiger partial charge is 0.293 e. The summed E-state index contributed by atoms with van der Waals surface area (Å²) in [4.78, 5) is 10.6. The van der Waals surface area contributed by atoms with Crippen molar-refractivity contribution >= 4 is 49.4 Å². The topological polar surface area (TPSA) is 30.7 Å². The van der Waals surface area contributed by atoms with Gasteiger partial charge in [-0.15, -0.1) is 0 Å². The van der Waals surface area contributed by atoms with Gasteiger partial charge in [0.05, 0.1) is 22.4 Å². The monoisotopic (exact) mass is 563 g/mol. The molecule has 44 heavy (non-hydrogen) atoms. The van der Waals surface area contributed by atoms with Crippen molar-refractivity contribution in [2.45, 2.75) is 19.3 Å². The molecular weight excluding hydrogens is 534 g/mol. The Balaban J connectivity index is 1.29. The molecule has 0 radical (unpaired) electrons.